The molecule has 0 aromatic heterocycles. The van der Waals surface area contributed by atoms with Gasteiger partial charge in [0.2, 0.25) is 0 Å². The molecule has 0 bridgehead atoms. The second kappa shape index (κ2) is 12.3. The van der Waals surface area contributed by atoms with Crippen LogP contribution in [-0.2, 0) is 14.3 Å². The van der Waals surface area contributed by atoms with Gasteiger partial charge in [-0.3, -0.25) is 9.59 Å². The van der Waals surface area contributed by atoms with Crippen LogP contribution in [0.15, 0.2) is 0 Å². The summed E-state index contributed by atoms with van der Waals surface area (Å²) in [5, 5.41) is 10.3. The normalized spacial score (nSPS) is 25.4. The zero-order chi connectivity index (χ0) is 23.7. The Kier molecular flexibility index (Phi) is 11.1. The summed E-state index contributed by atoms with van der Waals surface area (Å²) in [6, 6.07) is 0. The summed E-state index contributed by atoms with van der Waals surface area (Å²) in [5.74, 6) is 0.0622. The van der Waals surface area contributed by atoms with Crippen molar-refractivity contribution in [3.8, 4) is 0 Å². The van der Waals surface area contributed by atoms with Crippen molar-refractivity contribution in [1.29, 1.82) is 0 Å². The van der Waals surface area contributed by atoms with E-state index < -0.39 is 16.8 Å². The van der Waals surface area contributed by atoms with Crippen LogP contribution in [0.1, 0.15) is 126 Å². The highest BCUT2D eigenvalue weighted by atomic mass is 16.5. The number of rotatable bonds is 13. The first kappa shape index (κ1) is 28.0. The molecule has 1 aliphatic carbocycles. The number of hydrogen-bond donors (Lipinski definition) is 1. The van der Waals surface area contributed by atoms with Crippen LogP contribution in [0.3, 0.4) is 0 Å². The van der Waals surface area contributed by atoms with Crippen LogP contribution in [0.4, 0.5) is 0 Å². The lowest BCUT2D eigenvalue weighted by Gasteiger charge is -2.47. The summed E-state index contributed by atoms with van der Waals surface area (Å²) < 4.78 is 5.70. The van der Waals surface area contributed by atoms with Crippen molar-refractivity contribution in [2.45, 2.75) is 126 Å². The molecule has 182 valence electrons. The third-order valence-electron chi connectivity index (χ3n) is 7.38. The summed E-state index contributed by atoms with van der Waals surface area (Å²) in [7, 11) is 0. The number of unbranched alkanes of at least 4 members (excludes halogenated alkanes) is 3. The smallest absolute Gasteiger partial charge is 0.312 e. The minimum atomic E-state index is -1.01. The second-order valence-electron chi connectivity index (χ2n) is 12.1. The van der Waals surface area contributed by atoms with Crippen molar-refractivity contribution < 1.29 is 19.4 Å². The first-order valence-corrected chi connectivity index (χ1v) is 12.7. The van der Waals surface area contributed by atoms with Crippen LogP contribution >= 0.6 is 0 Å². The molecule has 1 rings (SSSR count). The van der Waals surface area contributed by atoms with E-state index in [2.05, 4.69) is 41.5 Å². The molecule has 1 aliphatic rings. The van der Waals surface area contributed by atoms with Gasteiger partial charge < -0.3 is 9.84 Å². The standard InChI is InChI=1S/C27H50O4/c1-21(2)14-10-8-9-13-19-31-24(30)26(7)16-11-12-17-27(26,23(28)29)18-15-22(3)20-25(4,5)6/h21-22H,8-20H2,1-7H3,(H,28,29). The largest absolute Gasteiger partial charge is 0.481 e. The van der Waals surface area contributed by atoms with E-state index >= 15 is 0 Å². The van der Waals surface area contributed by atoms with Crippen molar-refractivity contribution in [3.63, 3.8) is 0 Å². The molecule has 1 fully saturated rings. The highest BCUT2D eigenvalue weighted by molar-refractivity contribution is 5.87. The lowest BCUT2D eigenvalue weighted by atomic mass is 9.54. The fourth-order valence-corrected chi connectivity index (χ4v) is 5.54. The Labute approximate surface area is 191 Å². The molecule has 0 aromatic carbocycles. The van der Waals surface area contributed by atoms with Crippen molar-refractivity contribution in [3.05, 3.63) is 0 Å². The topological polar surface area (TPSA) is 63.6 Å². The number of carboxylic acid groups (broad SMARTS) is 1. The zero-order valence-electron chi connectivity index (χ0n) is 21.5. The summed E-state index contributed by atoms with van der Waals surface area (Å²) in [4.78, 5) is 25.8. The highest BCUT2D eigenvalue weighted by Gasteiger charge is 2.59. The highest BCUT2D eigenvalue weighted by Crippen LogP contribution is 2.55. The number of carbonyl (C=O) groups is 2. The first-order valence-electron chi connectivity index (χ1n) is 12.7. The average molecular weight is 439 g/mol. The molecule has 0 saturated heterocycles. The monoisotopic (exact) mass is 438 g/mol. The van der Waals surface area contributed by atoms with Crippen LogP contribution in [0.2, 0.25) is 0 Å². The Morgan fingerprint density at radius 2 is 1.58 bits per heavy atom. The van der Waals surface area contributed by atoms with Gasteiger partial charge in [-0.1, -0.05) is 80.1 Å². The van der Waals surface area contributed by atoms with Gasteiger partial charge in [0.1, 0.15) is 0 Å². The molecule has 0 amide bonds. The lowest BCUT2D eigenvalue weighted by molar-refractivity contribution is -0.183. The van der Waals surface area contributed by atoms with Gasteiger partial charge in [0.25, 0.3) is 0 Å². The van der Waals surface area contributed by atoms with E-state index in [1.54, 1.807) is 0 Å². The Bertz CT molecular complexity index is 562. The van der Waals surface area contributed by atoms with E-state index in [1.165, 1.54) is 12.8 Å². The van der Waals surface area contributed by atoms with Gasteiger partial charge in [0.15, 0.2) is 0 Å². The van der Waals surface area contributed by atoms with E-state index in [9.17, 15) is 14.7 Å². The van der Waals surface area contributed by atoms with Gasteiger partial charge in [-0.25, -0.2) is 0 Å². The van der Waals surface area contributed by atoms with E-state index in [4.69, 9.17) is 4.74 Å². The van der Waals surface area contributed by atoms with Crippen LogP contribution < -0.4 is 0 Å². The predicted octanol–water partition coefficient (Wildman–Crippen LogP) is 7.64. The first-order chi connectivity index (χ1) is 14.3. The molecular formula is C27H50O4. The van der Waals surface area contributed by atoms with Crippen molar-refractivity contribution in [1.82, 2.24) is 0 Å². The number of aliphatic carboxylic acids is 1. The maximum Gasteiger partial charge on any atom is 0.312 e. The van der Waals surface area contributed by atoms with Crippen molar-refractivity contribution in [2.24, 2.45) is 28.1 Å². The van der Waals surface area contributed by atoms with Crippen LogP contribution in [-0.4, -0.2) is 23.7 Å². The maximum atomic E-state index is 13.2. The molecule has 3 atom stereocenters. The quantitative estimate of drug-likeness (QED) is 0.237. The Hall–Kier alpha value is -1.06. The van der Waals surface area contributed by atoms with Crippen LogP contribution in [0.25, 0.3) is 0 Å². The van der Waals surface area contributed by atoms with Crippen molar-refractivity contribution in [2.75, 3.05) is 6.61 Å². The van der Waals surface area contributed by atoms with E-state index in [-0.39, 0.29) is 11.4 Å². The van der Waals surface area contributed by atoms with Crippen molar-refractivity contribution >= 4 is 11.9 Å². The minimum absolute atomic E-state index is 0.222. The predicted molar refractivity (Wildman–Crippen MR) is 128 cm³/mol. The Morgan fingerprint density at radius 1 is 0.968 bits per heavy atom. The molecule has 0 aliphatic heterocycles. The molecule has 1 N–H and O–H groups in total. The number of carboxylic acids is 1. The Balaban J connectivity index is 2.74. The minimum Gasteiger partial charge on any atom is -0.481 e. The van der Waals surface area contributed by atoms with Gasteiger partial charge in [0.05, 0.1) is 17.4 Å². The van der Waals surface area contributed by atoms with Crippen LogP contribution in [0, 0.1) is 28.1 Å². The fourth-order valence-electron chi connectivity index (χ4n) is 5.54. The van der Waals surface area contributed by atoms with Gasteiger partial charge in [-0.05, 0) is 62.7 Å². The summed E-state index contributed by atoms with van der Waals surface area (Å²) >= 11 is 0. The van der Waals surface area contributed by atoms with E-state index in [1.807, 2.05) is 6.92 Å². The third kappa shape index (κ3) is 8.42. The number of ether oxygens (including phenoxy) is 1. The molecule has 0 spiro atoms. The van der Waals surface area contributed by atoms with E-state index in [0.717, 1.165) is 50.9 Å². The average Bonchev–Trinajstić information content (AvgIpc) is 2.64. The molecule has 0 aromatic rings. The molecule has 3 unspecified atom stereocenters. The fraction of sp³-hybridized carbons (Fsp3) is 0.926. The van der Waals surface area contributed by atoms with E-state index in [0.29, 0.717) is 31.8 Å². The number of hydrogen-bond acceptors (Lipinski definition) is 3. The van der Waals surface area contributed by atoms with Gasteiger partial charge in [-0.2, -0.15) is 0 Å². The van der Waals surface area contributed by atoms with Gasteiger partial charge in [-0.15, -0.1) is 0 Å². The molecule has 0 radical (unpaired) electrons. The molecule has 4 heteroatoms. The third-order valence-corrected chi connectivity index (χ3v) is 7.38. The maximum absolute atomic E-state index is 13.2. The lowest BCUT2D eigenvalue weighted by Crippen LogP contribution is -2.53. The molecule has 4 nitrogen and oxygen atoms in total. The summed E-state index contributed by atoms with van der Waals surface area (Å²) in [5.41, 5.74) is -1.72. The van der Waals surface area contributed by atoms with Gasteiger partial charge in [0, 0.05) is 0 Å². The Morgan fingerprint density at radius 3 is 2.16 bits per heavy atom. The number of esters is 1. The number of carbonyl (C=O) groups excluding carboxylic acids is 1. The van der Waals surface area contributed by atoms with Gasteiger partial charge >= 0.3 is 11.9 Å². The molecule has 31 heavy (non-hydrogen) atoms. The summed E-state index contributed by atoms with van der Waals surface area (Å²) in [6.07, 6.45) is 11.0. The molecule has 1 saturated carbocycles. The molecular weight excluding hydrogens is 388 g/mol. The SMILES string of the molecule is CC(C)CCCCCCOC(=O)C1(C)CCCCC1(CCC(C)CC(C)(C)C)C(=O)O. The van der Waals surface area contributed by atoms with Crippen LogP contribution in [0.5, 0.6) is 0 Å². The zero-order valence-corrected chi connectivity index (χ0v) is 21.5. The summed E-state index contributed by atoms with van der Waals surface area (Å²) in [6.45, 7) is 15.6. The molecule has 0 heterocycles. The second-order valence-corrected chi connectivity index (χ2v) is 12.1.